The van der Waals surface area contributed by atoms with Crippen LogP contribution in [0.2, 0.25) is 0 Å². The maximum atomic E-state index is 12.0. The molecule has 0 heterocycles. The van der Waals surface area contributed by atoms with Gasteiger partial charge in [0.1, 0.15) is 0 Å². The third-order valence-corrected chi connectivity index (χ3v) is 3.18. The Hall–Kier alpha value is -1.04. The molecule has 0 saturated heterocycles. The number of hydrogen-bond acceptors (Lipinski definition) is 1. The lowest BCUT2D eigenvalue weighted by atomic mass is 10.1. The summed E-state index contributed by atoms with van der Waals surface area (Å²) < 4.78 is 37.0. The molecule has 0 aliphatic carbocycles. The standard InChI is InChI=1S/C11H11BrF3NO/c1-6-5-8(3-4-9(6)12)7(2)16-10(17)11(13,14)15/h3-5,7H,1-2H3,(H,16,17)/t7-/m1/s1. The number of carbonyl (C=O) groups excluding carboxylic acids is 1. The molecule has 0 unspecified atom stereocenters. The fraction of sp³-hybridized carbons (Fsp3) is 0.364. The fourth-order valence-corrected chi connectivity index (χ4v) is 1.55. The van der Waals surface area contributed by atoms with E-state index in [2.05, 4.69) is 15.9 Å². The molecular weight excluding hydrogens is 299 g/mol. The zero-order chi connectivity index (χ0) is 13.2. The predicted molar refractivity (Wildman–Crippen MR) is 61.5 cm³/mol. The van der Waals surface area contributed by atoms with Crippen LogP contribution in [-0.4, -0.2) is 12.1 Å². The van der Waals surface area contributed by atoms with Gasteiger partial charge < -0.3 is 5.32 Å². The molecule has 6 heteroatoms. The van der Waals surface area contributed by atoms with E-state index >= 15 is 0 Å². The van der Waals surface area contributed by atoms with Crippen LogP contribution in [0.1, 0.15) is 24.1 Å². The Labute approximate surface area is 105 Å². The van der Waals surface area contributed by atoms with Crippen LogP contribution in [0.4, 0.5) is 13.2 Å². The van der Waals surface area contributed by atoms with E-state index < -0.39 is 18.1 Å². The summed E-state index contributed by atoms with van der Waals surface area (Å²) in [5, 5.41) is 1.90. The first-order valence-corrected chi connectivity index (χ1v) is 5.65. The average molecular weight is 310 g/mol. The van der Waals surface area contributed by atoms with Crippen LogP contribution in [0.5, 0.6) is 0 Å². The monoisotopic (exact) mass is 309 g/mol. The van der Waals surface area contributed by atoms with Crippen LogP contribution in [0.3, 0.4) is 0 Å². The van der Waals surface area contributed by atoms with E-state index in [1.807, 2.05) is 12.2 Å². The van der Waals surface area contributed by atoms with Gasteiger partial charge in [-0.2, -0.15) is 13.2 Å². The summed E-state index contributed by atoms with van der Waals surface area (Å²) in [7, 11) is 0. The number of hydrogen-bond donors (Lipinski definition) is 1. The van der Waals surface area contributed by atoms with Crippen LogP contribution in [0.15, 0.2) is 22.7 Å². The van der Waals surface area contributed by atoms with Crippen LogP contribution >= 0.6 is 15.9 Å². The number of nitrogens with one attached hydrogen (secondary N) is 1. The van der Waals surface area contributed by atoms with Crippen LogP contribution in [-0.2, 0) is 4.79 Å². The zero-order valence-corrected chi connectivity index (χ0v) is 10.8. The van der Waals surface area contributed by atoms with Crippen LogP contribution in [0, 0.1) is 6.92 Å². The second kappa shape index (κ2) is 5.08. The van der Waals surface area contributed by atoms with Crippen molar-refractivity contribution >= 4 is 21.8 Å². The third kappa shape index (κ3) is 3.73. The Bertz CT molecular complexity index is 431. The van der Waals surface area contributed by atoms with Gasteiger partial charge in [0.25, 0.3) is 0 Å². The number of rotatable bonds is 2. The van der Waals surface area contributed by atoms with Gasteiger partial charge in [0.2, 0.25) is 0 Å². The van der Waals surface area contributed by atoms with Crippen molar-refractivity contribution in [2.75, 3.05) is 0 Å². The summed E-state index contributed by atoms with van der Waals surface area (Å²) in [5.74, 6) is -1.93. The van der Waals surface area contributed by atoms with E-state index in [1.54, 1.807) is 18.2 Å². The smallest absolute Gasteiger partial charge is 0.342 e. The summed E-state index contributed by atoms with van der Waals surface area (Å²) >= 11 is 3.29. The quantitative estimate of drug-likeness (QED) is 0.890. The molecule has 0 aromatic heterocycles. The molecule has 1 aromatic rings. The molecule has 1 aromatic carbocycles. The summed E-state index contributed by atoms with van der Waals surface area (Å²) in [6, 6.07) is 4.45. The molecule has 0 fully saturated rings. The second-order valence-electron chi connectivity index (χ2n) is 3.70. The van der Waals surface area contributed by atoms with Crippen molar-refractivity contribution in [1.29, 1.82) is 0 Å². The molecule has 17 heavy (non-hydrogen) atoms. The third-order valence-electron chi connectivity index (χ3n) is 2.29. The van der Waals surface area contributed by atoms with E-state index in [4.69, 9.17) is 0 Å². The van der Waals surface area contributed by atoms with Gasteiger partial charge in [-0.05, 0) is 31.0 Å². The molecule has 1 amide bonds. The minimum Gasteiger partial charge on any atom is -0.342 e. The van der Waals surface area contributed by atoms with E-state index in [0.29, 0.717) is 5.56 Å². The average Bonchev–Trinajstić information content (AvgIpc) is 2.20. The van der Waals surface area contributed by atoms with Crippen molar-refractivity contribution in [2.24, 2.45) is 0 Å². The number of aryl methyl sites for hydroxylation is 1. The lowest BCUT2D eigenvalue weighted by Crippen LogP contribution is -2.38. The first-order chi connectivity index (χ1) is 7.71. The minimum atomic E-state index is -4.85. The highest BCUT2D eigenvalue weighted by Gasteiger charge is 2.39. The SMILES string of the molecule is Cc1cc([C@@H](C)NC(=O)C(F)(F)F)ccc1Br. The number of alkyl halides is 3. The van der Waals surface area contributed by atoms with Gasteiger partial charge in [-0.15, -0.1) is 0 Å². The number of amides is 1. The molecule has 1 N–H and O–H groups in total. The minimum absolute atomic E-state index is 0.628. The molecule has 0 bridgehead atoms. The van der Waals surface area contributed by atoms with Crippen LogP contribution < -0.4 is 5.32 Å². The highest BCUT2D eigenvalue weighted by Crippen LogP contribution is 2.22. The van der Waals surface area contributed by atoms with Gasteiger partial charge >= 0.3 is 12.1 Å². The summed E-state index contributed by atoms with van der Waals surface area (Å²) in [6.07, 6.45) is -4.85. The molecule has 1 atom stereocenters. The summed E-state index contributed by atoms with van der Waals surface area (Å²) in [6.45, 7) is 3.33. The molecule has 0 radical (unpaired) electrons. The Morgan fingerprint density at radius 1 is 1.41 bits per heavy atom. The highest BCUT2D eigenvalue weighted by molar-refractivity contribution is 9.10. The van der Waals surface area contributed by atoms with Crippen molar-refractivity contribution in [3.05, 3.63) is 33.8 Å². The van der Waals surface area contributed by atoms with Crippen molar-refractivity contribution in [1.82, 2.24) is 5.32 Å². The van der Waals surface area contributed by atoms with Crippen molar-refractivity contribution in [3.8, 4) is 0 Å². The summed E-state index contributed by atoms with van der Waals surface area (Å²) in [4.78, 5) is 10.8. The Kier molecular flexibility index (Phi) is 4.19. The maximum absolute atomic E-state index is 12.0. The molecule has 0 aliphatic heterocycles. The molecule has 0 spiro atoms. The largest absolute Gasteiger partial charge is 0.471 e. The zero-order valence-electron chi connectivity index (χ0n) is 9.23. The lowest BCUT2D eigenvalue weighted by Gasteiger charge is -2.16. The van der Waals surface area contributed by atoms with Crippen molar-refractivity contribution in [3.63, 3.8) is 0 Å². The molecule has 0 aliphatic rings. The van der Waals surface area contributed by atoms with Gasteiger partial charge in [0.15, 0.2) is 0 Å². The fourth-order valence-electron chi connectivity index (χ4n) is 1.30. The van der Waals surface area contributed by atoms with Crippen molar-refractivity contribution < 1.29 is 18.0 Å². The first kappa shape index (κ1) is 14.0. The Morgan fingerprint density at radius 3 is 2.47 bits per heavy atom. The molecular formula is C11H11BrF3NO. The van der Waals surface area contributed by atoms with Crippen molar-refractivity contribution in [2.45, 2.75) is 26.1 Å². The molecule has 1 rings (SSSR count). The molecule has 2 nitrogen and oxygen atoms in total. The predicted octanol–water partition coefficient (Wildman–Crippen LogP) is 3.50. The van der Waals surface area contributed by atoms with Crippen LogP contribution in [0.25, 0.3) is 0 Å². The second-order valence-corrected chi connectivity index (χ2v) is 4.56. The number of halogens is 4. The highest BCUT2D eigenvalue weighted by atomic mass is 79.9. The Morgan fingerprint density at radius 2 is 2.00 bits per heavy atom. The lowest BCUT2D eigenvalue weighted by molar-refractivity contribution is -0.174. The van der Waals surface area contributed by atoms with Gasteiger partial charge in [-0.3, -0.25) is 4.79 Å². The molecule has 0 saturated carbocycles. The van der Waals surface area contributed by atoms with Gasteiger partial charge in [-0.25, -0.2) is 0 Å². The van der Waals surface area contributed by atoms with E-state index in [-0.39, 0.29) is 0 Å². The van der Waals surface area contributed by atoms with E-state index in [1.165, 1.54) is 6.92 Å². The number of benzene rings is 1. The van der Waals surface area contributed by atoms with E-state index in [9.17, 15) is 18.0 Å². The first-order valence-electron chi connectivity index (χ1n) is 4.85. The normalized spacial score (nSPS) is 13.3. The Balaban J connectivity index is 2.80. The van der Waals surface area contributed by atoms with E-state index in [0.717, 1.165) is 10.0 Å². The topological polar surface area (TPSA) is 29.1 Å². The molecule has 94 valence electrons. The number of carbonyl (C=O) groups is 1. The van der Waals surface area contributed by atoms with Gasteiger partial charge in [0, 0.05) is 4.47 Å². The van der Waals surface area contributed by atoms with Gasteiger partial charge in [0.05, 0.1) is 6.04 Å². The van der Waals surface area contributed by atoms with Gasteiger partial charge in [-0.1, -0.05) is 28.1 Å². The summed E-state index contributed by atoms with van der Waals surface area (Å²) in [5.41, 5.74) is 1.53. The maximum Gasteiger partial charge on any atom is 0.471 e.